The Labute approximate surface area is 410 Å². The zero-order valence-electron chi connectivity index (χ0n) is 43.5. The zero-order chi connectivity index (χ0) is 49.2. The SMILES string of the molecule is CC/C=C\C/C=C\C/C=C\C/C=C\C/C=C\CCCCCCCCCCCCCCCC(=O)OC(COC(=O)CCCCCCC/C=C\C/C=C\CCC)COC(OCC[N+](C)(C)C)C(=O)[O-]. The Morgan fingerprint density at radius 3 is 1.27 bits per heavy atom. The molecule has 0 aromatic carbocycles. The van der Waals surface area contributed by atoms with Crippen LogP contribution in [0.3, 0.4) is 0 Å². The number of rotatable bonds is 48. The monoisotopic (exact) mass is 938 g/mol. The Hall–Kier alpha value is -3.53. The van der Waals surface area contributed by atoms with E-state index in [2.05, 4.69) is 98.9 Å². The summed E-state index contributed by atoms with van der Waals surface area (Å²) in [4.78, 5) is 37.1. The number of carbonyl (C=O) groups excluding carboxylic acids is 3. The Bertz CT molecular complexity index is 1370. The number of carbonyl (C=O) groups is 3. The molecule has 2 atom stereocenters. The van der Waals surface area contributed by atoms with Crippen LogP contribution >= 0.6 is 0 Å². The zero-order valence-corrected chi connectivity index (χ0v) is 43.5. The average molecular weight is 938 g/mol. The van der Waals surface area contributed by atoms with Gasteiger partial charge in [0.05, 0.1) is 40.3 Å². The fourth-order valence-electron chi connectivity index (χ4n) is 7.01. The lowest BCUT2D eigenvalue weighted by Gasteiger charge is -2.26. The molecule has 0 bridgehead atoms. The van der Waals surface area contributed by atoms with Crippen LogP contribution in [-0.2, 0) is 33.3 Å². The molecule has 0 amide bonds. The number of hydrogen-bond acceptors (Lipinski definition) is 8. The molecule has 9 nitrogen and oxygen atoms in total. The Kier molecular flexibility index (Phi) is 46.3. The van der Waals surface area contributed by atoms with Crippen LogP contribution in [0.15, 0.2) is 85.1 Å². The molecule has 0 heterocycles. The lowest BCUT2D eigenvalue weighted by atomic mass is 10.0. The highest BCUT2D eigenvalue weighted by molar-refractivity contribution is 5.70. The first-order valence-electron chi connectivity index (χ1n) is 26.7. The van der Waals surface area contributed by atoms with Crippen molar-refractivity contribution in [2.24, 2.45) is 0 Å². The van der Waals surface area contributed by atoms with Crippen LogP contribution in [0.4, 0.5) is 0 Å². The first-order valence-corrected chi connectivity index (χ1v) is 26.7. The Morgan fingerprint density at radius 1 is 0.463 bits per heavy atom. The van der Waals surface area contributed by atoms with Gasteiger partial charge in [0, 0.05) is 12.8 Å². The quantitative estimate of drug-likeness (QED) is 0.0195. The van der Waals surface area contributed by atoms with Crippen LogP contribution in [0.2, 0.25) is 0 Å². The summed E-state index contributed by atoms with van der Waals surface area (Å²) < 4.78 is 22.6. The number of aliphatic carboxylic acids is 1. The fourth-order valence-corrected chi connectivity index (χ4v) is 7.01. The lowest BCUT2D eigenvalue weighted by Crippen LogP contribution is -2.44. The molecule has 0 N–H and O–H groups in total. The second-order valence-corrected chi connectivity index (χ2v) is 18.8. The minimum atomic E-state index is -1.63. The van der Waals surface area contributed by atoms with Gasteiger partial charge in [-0.2, -0.15) is 0 Å². The normalized spacial score (nSPS) is 13.5. The van der Waals surface area contributed by atoms with Crippen molar-refractivity contribution in [3.05, 3.63) is 85.1 Å². The molecule has 0 rings (SSSR count). The van der Waals surface area contributed by atoms with E-state index < -0.39 is 24.3 Å². The van der Waals surface area contributed by atoms with Crippen LogP contribution < -0.4 is 5.11 Å². The minimum Gasteiger partial charge on any atom is -0.545 e. The van der Waals surface area contributed by atoms with Gasteiger partial charge in [-0.25, -0.2) is 0 Å². The number of nitrogens with zero attached hydrogens (tertiary/aromatic N) is 1. The van der Waals surface area contributed by atoms with Crippen LogP contribution in [-0.4, -0.2) is 82.3 Å². The van der Waals surface area contributed by atoms with Crippen LogP contribution in [0, 0.1) is 0 Å². The second kappa shape index (κ2) is 48.9. The summed E-state index contributed by atoms with van der Waals surface area (Å²) in [6.45, 7) is 4.54. The first kappa shape index (κ1) is 63.5. The summed E-state index contributed by atoms with van der Waals surface area (Å²) in [7, 11) is 5.90. The third-order valence-corrected chi connectivity index (χ3v) is 11.1. The molecule has 0 saturated carbocycles. The Balaban J connectivity index is 4.22. The molecule has 0 aromatic rings. The number of likely N-dealkylation sites (N-methyl/N-ethyl adjacent to an activating group) is 1. The molecule has 0 radical (unpaired) electrons. The summed E-state index contributed by atoms with van der Waals surface area (Å²) in [6.07, 6.45) is 60.6. The average Bonchev–Trinajstić information content (AvgIpc) is 3.29. The first-order chi connectivity index (χ1) is 32.6. The topological polar surface area (TPSA) is 111 Å². The number of hydrogen-bond donors (Lipinski definition) is 0. The summed E-state index contributed by atoms with van der Waals surface area (Å²) in [6, 6.07) is 0. The number of allylic oxidation sites excluding steroid dienone is 14. The van der Waals surface area contributed by atoms with Gasteiger partial charge in [0.15, 0.2) is 12.4 Å². The van der Waals surface area contributed by atoms with Crippen molar-refractivity contribution in [2.75, 3.05) is 47.5 Å². The van der Waals surface area contributed by atoms with E-state index in [-0.39, 0.29) is 38.6 Å². The summed E-state index contributed by atoms with van der Waals surface area (Å²) in [5, 5.41) is 11.7. The van der Waals surface area contributed by atoms with Crippen LogP contribution in [0.25, 0.3) is 0 Å². The largest absolute Gasteiger partial charge is 0.545 e. The number of quaternary nitrogens is 1. The molecular weight excluding hydrogens is 839 g/mol. The number of esters is 2. The molecule has 9 heteroatoms. The smallest absolute Gasteiger partial charge is 0.306 e. The fraction of sp³-hybridized carbons (Fsp3) is 0.707. The predicted octanol–water partition coefficient (Wildman–Crippen LogP) is 13.9. The molecule has 0 aliphatic carbocycles. The molecule has 0 aliphatic rings. The number of carboxylic acid groups (broad SMARTS) is 1. The molecule has 0 aliphatic heterocycles. The van der Waals surface area contributed by atoms with E-state index in [4.69, 9.17) is 18.9 Å². The van der Waals surface area contributed by atoms with E-state index >= 15 is 0 Å². The van der Waals surface area contributed by atoms with Crippen molar-refractivity contribution in [2.45, 2.75) is 219 Å². The van der Waals surface area contributed by atoms with Gasteiger partial charge in [0.2, 0.25) is 0 Å². The van der Waals surface area contributed by atoms with Gasteiger partial charge in [-0.1, -0.05) is 195 Å². The van der Waals surface area contributed by atoms with E-state index in [1.165, 1.54) is 70.6 Å². The van der Waals surface area contributed by atoms with Gasteiger partial charge in [0.25, 0.3) is 0 Å². The Morgan fingerprint density at radius 2 is 0.851 bits per heavy atom. The van der Waals surface area contributed by atoms with Gasteiger partial charge < -0.3 is 33.3 Å². The number of carboxylic acids is 1. The van der Waals surface area contributed by atoms with E-state index in [9.17, 15) is 19.5 Å². The van der Waals surface area contributed by atoms with Gasteiger partial charge in [-0.3, -0.25) is 9.59 Å². The van der Waals surface area contributed by atoms with Gasteiger partial charge in [-0.15, -0.1) is 0 Å². The molecular formula is C58H99NO8. The van der Waals surface area contributed by atoms with Crippen molar-refractivity contribution in [3.8, 4) is 0 Å². The highest BCUT2D eigenvalue weighted by Crippen LogP contribution is 2.15. The molecule has 384 valence electrons. The molecule has 67 heavy (non-hydrogen) atoms. The lowest BCUT2D eigenvalue weighted by molar-refractivity contribution is -0.870. The predicted molar refractivity (Wildman–Crippen MR) is 278 cm³/mol. The molecule has 0 spiro atoms. The van der Waals surface area contributed by atoms with E-state index in [1.807, 2.05) is 21.1 Å². The van der Waals surface area contributed by atoms with Crippen molar-refractivity contribution in [1.29, 1.82) is 0 Å². The van der Waals surface area contributed by atoms with Gasteiger partial charge >= 0.3 is 11.9 Å². The number of unbranched alkanes of at least 4 members (excludes halogenated alkanes) is 19. The van der Waals surface area contributed by atoms with E-state index in [0.29, 0.717) is 17.4 Å². The van der Waals surface area contributed by atoms with Gasteiger partial charge in [0.1, 0.15) is 13.2 Å². The molecule has 0 fully saturated rings. The van der Waals surface area contributed by atoms with Gasteiger partial charge in [-0.05, 0) is 83.5 Å². The van der Waals surface area contributed by atoms with Crippen LogP contribution in [0.5, 0.6) is 0 Å². The van der Waals surface area contributed by atoms with Crippen molar-refractivity contribution >= 4 is 17.9 Å². The third-order valence-electron chi connectivity index (χ3n) is 11.1. The summed E-state index contributed by atoms with van der Waals surface area (Å²) in [5.74, 6) is -2.31. The van der Waals surface area contributed by atoms with Crippen LogP contribution in [0.1, 0.15) is 206 Å². The van der Waals surface area contributed by atoms with E-state index in [0.717, 1.165) is 103 Å². The summed E-state index contributed by atoms with van der Waals surface area (Å²) >= 11 is 0. The van der Waals surface area contributed by atoms with Crippen molar-refractivity contribution in [3.63, 3.8) is 0 Å². The number of ether oxygens (including phenoxy) is 4. The second-order valence-electron chi connectivity index (χ2n) is 18.8. The van der Waals surface area contributed by atoms with E-state index in [1.54, 1.807) is 0 Å². The highest BCUT2D eigenvalue weighted by atomic mass is 16.7. The molecule has 0 aromatic heterocycles. The standard InChI is InChI=1S/C58H99NO8/c1-6-8-10-12-14-16-18-20-21-22-23-24-25-26-27-28-29-30-31-32-33-34-35-37-39-41-43-45-47-49-56(61)67-54(53-66-58(57(62)63)64-51-50-59(3,4)5)52-65-55(60)48-46-44-42-40-38-36-19-17-15-13-11-9-7-2/h8,10-11,13-14,16-17,19-21,23-24,26-27,54,58H,6-7,9,12,15,18,22,25,28-53H2,1-5H3/b10-8-,13-11-,16-14-,19-17-,21-20-,24-23-,27-26-. The highest BCUT2D eigenvalue weighted by Gasteiger charge is 2.22. The molecule has 2 unspecified atom stereocenters. The third kappa shape index (κ3) is 50.2. The van der Waals surface area contributed by atoms with Crippen molar-refractivity contribution < 1.29 is 42.9 Å². The maximum atomic E-state index is 12.8. The summed E-state index contributed by atoms with van der Waals surface area (Å²) in [5.41, 5.74) is 0. The van der Waals surface area contributed by atoms with Crippen molar-refractivity contribution in [1.82, 2.24) is 0 Å². The minimum absolute atomic E-state index is 0.142. The maximum absolute atomic E-state index is 12.8. The maximum Gasteiger partial charge on any atom is 0.306 e. The molecule has 0 saturated heterocycles.